The van der Waals surface area contributed by atoms with Gasteiger partial charge in [-0.2, -0.15) is 0 Å². The first-order valence-corrected chi connectivity index (χ1v) is 7.66. The summed E-state index contributed by atoms with van der Waals surface area (Å²) in [7, 11) is 0. The summed E-state index contributed by atoms with van der Waals surface area (Å²) in [5, 5.41) is 8.99. The van der Waals surface area contributed by atoms with Gasteiger partial charge >= 0.3 is 5.97 Å². The van der Waals surface area contributed by atoms with Gasteiger partial charge in [0.15, 0.2) is 0 Å². The highest BCUT2D eigenvalue weighted by Crippen LogP contribution is 2.46. The Kier molecular flexibility index (Phi) is 3.61. The molecule has 4 nitrogen and oxygen atoms in total. The van der Waals surface area contributed by atoms with E-state index < -0.39 is 35.1 Å². The Morgan fingerprint density at radius 3 is 2.62 bits per heavy atom. The van der Waals surface area contributed by atoms with Crippen LogP contribution in [-0.4, -0.2) is 39.1 Å². The SMILES string of the molecule is O=C(O)C1CSC(C2CC2)N1C(=O)c1cc(F)ccc1F. The third-order valence-corrected chi connectivity index (χ3v) is 5.20. The van der Waals surface area contributed by atoms with E-state index in [2.05, 4.69) is 0 Å². The number of benzene rings is 1. The molecule has 112 valence electrons. The molecule has 21 heavy (non-hydrogen) atoms. The van der Waals surface area contributed by atoms with E-state index in [4.69, 9.17) is 0 Å². The van der Waals surface area contributed by atoms with Crippen LogP contribution in [-0.2, 0) is 4.79 Å². The molecule has 2 aliphatic rings. The van der Waals surface area contributed by atoms with Crippen molar-refractivity contribution in [3.05, 3.63) is 35.4 Å². The van der Waals surface area contributed by atoms with E-state index in [0.29, 0.717) is 0 Å². The van der Waals surface area contributed by atoms with E-state index >= 15 is 0 Å². The Hall–Kier alpha value is -1.63. The fourth-order valence-corrected chi connectivity index (χ4v) is 4.15. The van der Waals surface area contributed by atoms with E-state index in [9.17, 15) is 23.5 Å². The fraction of sp³-hybridized carbons (Fsp3) is 0.429. The summed E-state index contributed by atoms with van der Waals surface area (Å²) in [6, 6.07) is 1.64. The van der Waals surface area contributed by atoms with Crippen LogP contribution >= 0.6 is 11.8 Å². The molecule has 2 unspecified atom stereocenters. The van der Waals surface area contributed by atoms with Crippen molar-refractivity contribution >= 4 is 23.6 Å². The lowest BCUT2D eigenvalue weighted by atomic mass is 10.1. The van der Waals surface area contributed by atoms with Gasteiger partial charge < -0.3 is 10.0 Å². The van der Waals surface area contributed by atoms with Crippen molar-refractivity contribution in [2.45, 2.75) is 24.3 Å². The third-order valence-electron chi connectivity index (χ3n) is 3.74. The second-order valence-corrected chi connectivity index (χ2v) is 6.40. The molecule has 2 atom stereocenters. The van der Waals surface area contributed by atoms with Gasteiger partial charge in [-0.05, 0) is 37.0 Å². The number of rotatable bonds is 3. The quantitative estimate of drug-likeness (QED) is 0.930. The molecule has 1 aliphatic heterocycles. The molecule has 1 amide bonds. The van der Waals surface area contributed by atoms with E-state index in [1.165, 1.54) is 16.7 Å². The summed E-state index contributed by atoms with van der Waals surface area (Å²) in [4.78, 5) is 25.0. The number of carboxylic acid groups (broad SMARTS) is 1. The van der Waals surface area contributed by atoms with Gasteiger partial charge in [-0.15, -0.1) is 11.8 Å². The lowest BCUT2D eigenvalue weighted by Gasteiger charge is -2.27. The van der Waals surface area contributed by atoms with Gasteiger partial charge in [0.05, 0.1) is 10.9 Å². The summed E-state index contributed by atoms with van der Waals surface area (Å²) in [5.74, 6) is -2.89. The van der Waals surface area contributed by atoms with Crippen LogP contribution in [0.25, 0.3) is 0 Å². The van der Waals surface area contributed by atoms with Crippen LogP contribution in [0.3, 0.4) is 0 Å². The maximum Gasteiger partial charge on any atom is 0.327 e. The molecule has 0 bridgehead atoms. The molecule has 1 heterocycles. The molecular formula is C14H13F2NO3S. The Morgan fingerprint density at radius 2 is 2.00 bits per heavy atom. The van der Waals surface area contributed by atoms with E-state index in [0.717, 1.165) is 31.0 Å². The van der Waals surface area contributed by atoms with Crippen LogP contribution in [0.1, 0.15) is 23.2 Å². The number of thioether (sulfide) groups is 1. The van der Waals surface area contributed by atoms with Crippen molar-refractivity contribution in [3.63, 3.8) is 0 Å². The first kappa shape index (κ1) is 14.3. The predicted octanol–water partition coefficient (Wildman–Crippen LogP) is 2.34. The Labute approximate surface area is 124 Å². The van der Waals surface area contributed by atoms with Gasteiger partial charge in [-0.3, -0.25) is 4.79 Å². The van der Waals surface area contributed by atoms with Crippen molar-refractivity contribution in [3.8, 4) is 0 Å². The zero-order chi connectivity index (χ0) is 15.1. The monoisotopic (exact) mass is 313 g/mol. The predicted molar refractivity (Wildman–Crippen MR) is 72.9 cm³/mol. The maximum atomic E-state index is 13.8. The molecule has 1 aliphatic carbocycles. The van der Waals surface area contributed by atoms with Crippen LogP contribution in [0, 0.1) is 17.6 Å². The summed E-state index contributed by atoms with van der Waals surface area (Å²) in [6.07, 6.45) is 1.86. The molecule has 1 N–H and O–H groups in total. The largest absolute Gasteiger partial charge is 0.480 e. The summed E-state index contributed by atoms with van der Waals surface area (Å²) < 4.78 is 27.0. The molecule has 1 aromatic rings. The molecule has 1 saturated heterocycles. The van der Waals surface area contributed by atoms with Crippen molar-refractivity contribution in [1.29, 1.82) is 0 Å². The summed E-state index contributed by atoms with van der Waals surface area (Å²) in [5.41, 5.74) is -0.408. The average molecular weight is 313 g/mol. The number of carbonyl (C=O) groups is 2. The zero-order valence-corrected chi connectivity index (χ0v) is 11.8. The molecular weight excluding hydrogens is 300 g/mol. The van der Waals surface area contributed by atoms with Gasteiger partial charge in [0.25, 0.3) is 5.91 Å². The number of carboxylic acids is 1. The van der Waals surface area contributed by atoms with Crippen LogP contribution in [0.5, 0.6) is 0 Å². The number of nitrogens with zero attached hydrogens (tertiary/aromatic N) is 1. The number of halogens is 2. The molecule has 0 spiro atoms. The van der Waals surface area contributed by atoms with E-state index in [-0.39, 0.29) is 17.0 Å². The van der Waals surface area contributed by atoms with E-state index in [1.54, 1.807) is 0 Å². The average Bonchev–Trinajstić information content (AvgIpc) is 3.19. The van der Waals surface area contributed by atoms with Crippen LogP contribution in [0.15, 0.2) is 18.2 Å². The fourth-order valence-electron chi connectivity index (χ4n) is 2.52. The highest BCUT2D eigenvalue weighted by atomic mass is 32.2. The van der Waals surface area contributed by atoms with Crippen molar-refractivity contribution in [2.75, 3.05) is 5.75 Å². The number of carbonyl (C=O) groups excluding carboxylic acids is 1. The highest BCUT2D eigenvalue weighted by molar-refractivity contribution is 8.00. The molecule has 0 radical (unpaired) electrons. The molecule has 3 rings (SSSR count). The minimum Gasteiger partial charge on any atom is -0.480 e. The lowest BCUT2D eigenvalue weighted by molar-refractivity contribution is -0.141. The molecule has 1 saturated carbocycles. The second-order valence-electron chi connectivity index (χ2n) is 5.25. The highest BCUT2D eigenvalue weighted by Gasteiger charge is 2.48. The summed E-state index contributed by atoms with van der Waals surface area (Å²) >= 11 is 1.40. The Balaban J connectivity index is 1.95. The first-order chi connectivity index (χ1) is 9.99. The van der Waals surface area contributed by atoms with Gasteiger partial charge in [-0.25, -0.2) is 13.6 Å². The van der Waals surface area contributed by atoms with Crippen LogP contribution in [0.4, 0.5) is 8.78 Å². The number of aliphatic carboxylic acids is 1. The van der Waals surface area contributed by atoms with Gasteiger partial charge in [0, 0.05) is 5.75 Å². The third kappa shape index (κ3) is 2.62. The number of hydrogen-bond donors (Lipinski definition) is 1. The van der Waals surface area contributed by atoms with Crippen LogP contribution in [0.2, 0.25) is 0 Å². The first-order valence-electron chi connectivity index (χ1n) is 6.61. The second kappa shape index (κ2) is 5.29. The minimum atomic E-state index is -1.11. The smallest absolute Gasteiger partial charge is 0.327 e. The molecule has 2 fully saturated rings. The summed E-state index contributed by atoms with van der Waals surface area (Å²) in [6.45, 7) is 0. The van der Waals surface area contributed by atoms with Gasteiger partial charge in [0.1, 0.15) is 17.7 Å². The van der Waals surface area contributed by atoms with Crippen molar-refractivity contribution in [2.24, 2.45) is 5.92 Å². The Morgan fingerprint density at radius 1 is 1.29 bits per heavy atom. The van der Waals surface area contributed by atoms with Gasteiger partial charge in [-0.1, -0.05) is 0 Å². The van der Waals surface area contributed by atoms with Crippen molar-refractivity contribution in [1.82, 2.24) is 4.90 Å². The topological polar surface area (TPSA) is 57.6 Å². The van der Waals surface area contributed by atoms with Crippen LogP contribution < -0.4 is 0 Å². The maximum absolute atomic E-state index is 13.8. The number of hydrogen-bond acceptors (Lipinski definition) is 3. The standard InChI is InChI=1S/C14H13F2NO3S/c15-8-3-4-10(16)9(5-8)12(18)17-11(14(19)20)6-21-13(17)7-1-2-7/h3-5,7,11,13H,1-2,6H2,(H,19,20). The van der Waals surface area contributed by atoms with Gasteiger partial charge in [0.2, 0.25) is 0 Å². The molecule has 1 aromatic carbocycles. The minimum absolute atomic E-state index is 0.250. The molecule has 7 heteroatoms. The number of amides is 1. The molecule has 0 aromatic heterocycles. The Bertz CT molecular complexity index is 606. The zero-order valence-electron chi connectivity index (χ0n) is 11.0. The lowest BCUT2D eigenvalue weighted by Crippen LogP contribution is -2.46. The van der Waals surface area contributed by atoms with E-state index in [1.807, 2.05) is 0 Å². The van der Waals surface area contributed by atoms with Crippen molar-refractivity contribution < 1.29 is 23.5 Å². The normalized spacial score (nSPS) is 25.1.